The Bertz CT molecular complexity index is 1830. The predicted molar refractivity (Wildman–Crippen MR) is 362 cm³/mol. The Hall–Kier alpha value is -2.49. The molecule has 0 bridgehead atoms. The average molecular weight is 1300 g/mol. The SMILES string of the molecule is CCCCC/C=C\C/C=C\C/C=C\C/C=C\CCCCCCCCCCCCCCCC(=O)OCC(O)COP(=O)(O)OCC(O)COP(=O)(O)OCC(COC(=O)CCCCCCCCCCCCCCC)OC(=O)CCCCCCCCCCCCC. The van der Waals surface area contributed by atoms with Gasteiger partial charge in [-0.1, -0.05) is 294 Å². The first kappa shape index (κ1) is 86.5. The molecular formula is C71H132O16P2. The third-order valence-electron chi connectivity index (χ3n) is 15.6. The van der Waals surface area contributed by atoms with Crippen molar-refractivity contribution in [2.75, 3.05) is 39.6 Å². The van der Waals surface area contributed by atoms with Gasteiger partial charge in [-0.25, -0.2) is 9.13 Å². The van der Waals surface area contributed by atoms with E-state index in [1.165, 1.54) is 180 Å². The van der Waals surface area contributed by atoms with Crippen molar-refractivity contribution in [2.24, 2.45) is 0 Å². The number of hydrogen-bond acceptors (Lipinski definition) is 14. The van der Waals surface area contributed by atoms with E-state index in [-0.39, 0.29) is 19.3 Å². The zero-order chi connectivity index (χ0) is 65.3. The molecule has 0 saturated carbocycles. The first-order valence-corrected chi connectivity index (χ1v) is 38.9. The molecule has 16 nitrogen and oxygen atoms in total. The standard InChI is InChI=1S/C71H132O16P2/c1-4-7-10-13-16-19-22-24-25-26-27-28-29-30-31-32-33-34-35-36-37-38-39-41-44-45-48-51-54-57-69(74)81-60-66(72)61-83-88(77,78)84-62-67(73)63-85-89(79,80)86-65-68(87-71(76)59-56-53-50-47-42-21-18-15-12-9-6-3)64-82-70(75)58-55-52-49-46-43-40-23-20-17-14-11-8-5-2/h16,19,24-25,27-28,30-31,66-68,72-73H,4-15,17-18,20-23,26,29,32-65H2,1-3H3,(H,77,78)(H,79,80)/b19-16-,25-24-,28-27-,31-30-. The molecule has 0 fully saturated rings. The quantitative estimate of drug-likeness (QED) is 0.0146. The second-order valence-electron chi connectivity index (χ2n) is 24.4. The number of rotatable bonds is 69. The Labute approximate surface area is 542 Å². The third kappa shape index (κ3) is 66.8. The van der Waals surface area contributed by atoms with E-state index in [4.69, 9.17) is 32.3 Å². The maximum absolute atomic E-state index is 12.8. The van der Waals surface area contributed by atoms with Crippen molar-refractivity contribution in [1.29, 1.82) is 0 Å². The molecule has 89 heavy (non-hydrogen) atoms. The van der Waals surface area contributed by atoms with Gasteiger partial charge in [0, 0.05) is 19.3 Å². The first-order valence-electron chi connectivity index (χ1n) is 35.9. The number of aliphatic hydroxyl groups is 2. The van der Waals surface area contributed by atoms with Crippen molar-refractivity contribution in [3.63, 3.8) is 0 Å². The third-order valence-corrected chi connectivity index (χ3v) is 17.5. The van der Waals surface area contributed by atoms with E-state index in [0.717, 1.165) is 89.9 Å². The first-order chi connectivity index (χ1) is 43.2. The number of phosphoric acid groups is 2. The van der Waals surface area contributed by atoms with Crippen molar-refractivity contribution in [3.8, 4) is 0 Å². The Kier molecular flexibility index (Phi) is 63.7. The summed E-state index contributed by atoms with van der Waals surface area (Å²) >= 11 is 0. The van der Waals surface area contributed by atoms with Crippen molar-refractivity contribution >= 4 is 33.6 Å². The van der Waals surface area contributed by atoms with Gasteiger partial charge in [0.15, 0.2) is 6.10 Å². The lowest BCUT2D eigenvalue weighted by atomic mass is 10.0. The van der Waals surface area contributed by atoms with Gasteiger partial charge >= 0.3 is 33.6 Å². The predicted octanol–water partition coefficient (Wildman–Crippen LogP) is 20.0. The topological polar surface area (TPSA) is 231 Å². The normalized spacial score (nSPS) is 14.5. The van der Waals surface area contributed by atoms with Crippen LogP contribution in [-0.4, -0.2) is 95.9 Å². The molecule has 0 spiro atoms. The van der Waals surface area contributed by atoms with Crippen molar-refractivity contribution in [1.82, 2.24) is 0 Å². The molecule has 4 N–H and O–H groups in total. The summed E-state index contributed by atoms with van der Waals surface area (Å²) in [5, 5.41) is 20.5. The van der Waals surface area contributed by atoms with Crippen LogP contribution < -0.4 is 0 Å². The zero-order valence-corrected chi connectivity index (χ0v) is 58.4. The smallest absolute Gasteiger partial charge is 0.463 e. The highest BCUT2D eigenvalue weighted by Gasteiger charge is 2.29. The van der Waals surface area contributed by atoms with E-state index in [9.17, 15) is 43.5 Å². The summed E-state index contributed by atoms with van der Waals surface area (Å²) in [5.41, 5.74) is 0. The van der Waals surface area contributed by atoms with Gasteiger partial charge in [0.2, 0.25) is 0 Å². The highest BCUT2D eigenvalue weighted by Crippen LogP contribution is 2.45. The van der Waals surface area contributed by atoms with E-state index in [2.05, 4.69) is 69.4 Å². The lowest BCUT2D eigenvalue weighted by molar-refractivity contribution is -0.161. The molecule has 0 aromatic rings. The molecule has 0 aromatic heterocycles. The number of phosphoric ester groups is 2. The fraction of sp³-hybridized carbons (Fsp3) is 0.845. The lowest BCUT2D eigenvalue weighted by Gasteiger charge is -2.21. The summed E-state index contributed by atoms with van der Waals surface area (Å²) in [7, 11) is -9.75. The number of allylic oxidation sites excluding steroid dienone is 8. The van der Waals surface area contributed by atoms with Crippen molar-refractivity contribution in [2.45, 2.75) is 347 Å². The van der Waals surface area contributed by atoms with Gasteiger partial charge < -0.3 is 34.2 Å². The molecular weight excluding hydrogens is 1170 g/mol. The molecule has 0 amide bonds. The average Bonchev–Trinajstić information content (AvgIpc) is 3.73. The number of carbonyl (C=O) groups is 3. The van der Waals surface area contributed by atoms with Crippen LogP contribution in [0.15, 0.2) is 48.6 Å². The summed E-state index contributed by atoms with van der Waals surface area (Å²) in [6, 6.07) is 0. The van der Waals surface area contributed by atoms with E-state index in [1.807, 2.05) is 0 Å². The Morgan fingerprint density at radius 3 is 0.910 bits per heavy atom. The maximum Gasteiger partial charge on any atom is 0.472 e. The second-order valence-corrected chi connectivity index (χ2v) is 27.3. The molecule has 0 aliphatic rings. The molecule has 0 saturated heterocycles. The van der Waals surface area contributed by atoms with Crippen LogP contribution in [-0.2, 0) is 55.8 Å². The number of ether oxygens (including phenoxy) is 3. The molecule has 0 aromatic carbocycles. The number of esters is 3. The number of carbonyl (C=O) groups excluding carboxylic acids is 3. The van der Waals surface area contributed by atoms with Gasteiger partial charge in [-0.3, -0.25) is 32.5 Å². The van der Waals surface area contributed by atoms with Gasteiger partial charge in [-0.15, -0.1) is 0 Å². The summed E-state index contributed by atoms with van der Waals surface area (Å²) in [6.07, 6.45) is 66.1. The zero-order valence-electron chi connectivity index (χ0n) is 56.6. The van der Waals surface area contributed by atoms with Crippen molar-refractivity contribution < 1.29 is 75.8 Å². The lowest BCUT2D eigenvalue weighted by Crippen LogP contribution is -2.30. The second kappa shape index (κ2) is 65.6. The number of unbranched alkanes of at least 4 members (excludes halogenated alkanes) is 38. The van der Waals surface area contributed by atoms with Gasteiger partial charge in [-0.2, -0.15) is 0 Å². The number of hydrogen-bond donors (Lipinski definition) is 4. The maximum atomic E-state index is 12.8. The van der Waals surface area contributed by atoms with Gasteiger partial charge in [-0.05, 0) is 64.2 Å². The fourth-order valence-corrected chi connectivity index (χ4v) is 11.6. The summed E-state index contributed by atoms with van der Waals surface area (Å²) < 4.78 is 60.8. The molecule has 5 unspecified atom stereocenters. The van der Waals surface area contributed by atoms with E-state index in [0.29, 0.717) is 19.3 Å². The number of aliphatic hydroxyl groups excluding tert-OH is 2. The molecule has 0 rings (SSSR count). The molecule has 0 aliphatic carbocycles. The highest BCUT2D eigenvalue weighted by molar-refractivity contribution is 7.47. The van der Waals surface area contributed by atoms with Crippen LogP contribution in [0.3, 0.4) is 0 Å². The summed E-state index contributed by atoms with van der Waals surface area (Å²) in [4.78, 5) is 58.2. The van der Waals surface area contributed by atoms with Crippen LogP contribution in [0, 0.1) is 0 Å². The van der Waals surface area contributed by atoms with Gasteiger partial charge in [0.1, 0.15) is 25.4 Å². The highest BCUT2D eigenvalue weighted by atomic mass is 31.2. The van der Waals surface area contributed by atoms with Gasteiger partial charge in [0.05, 0.1) is 26.4 Å². The molecule has 0 heterocycles. The minimum Gasteiger partial charge on any atom is -0.463 e. The largest absolute Gasteiger partial charge is 0.472 e. The van der Waals surface area contributed by atoms with Crippen LogP contribution in [0.2, 0.25) is 0 Å². The van der Waals surface area contributed by atoms with E-state index < -0.39 is 91.5 Å². The van der Waals surface area contributed by atoms with Crippen LogP contribution >= 0.6 is 15.6 Å². The summed E-state index contributed by atoms with van der Waals surface area (Å²) in [5.74, 6) is -1.55. The van der Waals surface area contributed by atoms with E-state index in [1.54, 1.807) is 0 Å². The Morgan fingerprint density at radius 1 is 0.315 bits per heavy atom. The molecule has 522 valence electrons. The Morgan fingerprint density at radius 2 is 0.562 bits per heavy atom. The molecule has 0 radical (unpaired) electrons. The van der Waals surface area contributed by atoms with Crippen LogP contribution in [0.1, 0.15) is 329 Å². The molecule has 18 heteroatoms. The monoisotopic (exact) mass is 1300 g/mol. The van der Waals surface area contributed by atoms with E-state index >= 15 is 0 Å². The minimum atomic E-state index is -4.91. The minimum absolute atomic E-state index is 0.113. The van der Waals surface area contributed by atoms with Crippen LogP contribution in [0.5, 0.6) is 0 Å². The fourth-order valence-electron chi connectivity index (χ4n) is 10.0. The summed E-state index contributed by atoms with van der Waals surface area (Å²) in [6.45, 7) is 2.68. The molecule has 5 atom stereocenters. The van der Waals surface area contributed by atoms with Crippen LogP contribution in [0.4, 0.5) is 0 Å². The van der Waals surface area contributed by atoms with Crippen LogP contribution in [0.25, 0.3) is 0 Å². The van der Waals surface area contributed by atoms with Gasteiger partial charge in [0.25, 0.3) is 0 Å². The molecule has 0 aliphatic heterocycles. The Balaban J connectivity index is 4.35. The van der Waals surface area contributed by atoms with Crippen molar-refractivity contribution in [3.05, 3.63) is 48.6 Å².